The first-order chi connectivity index (χ1) is 16.2. The maximum Gasteiger partial charge on any atom is 0.322 e. The lowest BCUT2D eigenvalue weighted by atomic mass is 9.51. The van der Waals surface area contributed by atoms with E-state index in [9.17, 15) is 14.7 Å². The number of rotatable bonds is 5. The van der Waals surface area contributed by atoms with Crippen LogP contribution in [0.5, 0.6) is 0 Å². The molecule has 2 aromatic rings. The summed E-state index contributed by atoms with van der Waals surface area (Å²) in [5, 5.41) is 16.0. The van der Waals surface area contributed by atoms with Crippen molar-refractivity contribution in [2.45, 2.75) is 76.5 Å². The van der Waals surface area contributed by atoms with Gasteiger partial charge in [-0.1, -0.05) is 18.2 Å². The van der Waals surface area contributed by atoms with Crippen molar-refractivity contribution in [1.29, 1.82) is 0 Å². The minimum Gasteiger partial charge on any atom is -0.389 e. The zero-order valence-electron chi connectivity index (χ0n) is 20.1. The highest BCUT2D eigenvalue weighted by molar-refractivity contribution is 5.89. The first kappa shape index (κ1) is 22.8. The van der Waals surface area contributed by atoms with E-state index in [1.54, 1.807) is 24.9 Å². The third kappa shape index (κ3) is 4.29. The van der Waals surface area contributed by atoms with Gasteiger partial charge in [0.05, 0.1) is 17.8 Å². The number of aromatic nitrogens is 1. The Morgan fingerprint density at radius 3 is 2.32 bits per heavy atom. The van der Waals surface area contributed by atoms with Crippen LogP contribution in [0.25, 0.3) is 0 Å². The summed E-state index contributed by atoms with van der Waals surface area (Å²) in [7, 11) is 0. The standard InChI is InChI=1S/C27H34N4O3/c1-25(2,34)18-29-23(32)27-12-9-26(10-13-27,11-14-27)20-5-7-21(8-6-20)30-24(33)31-16-19-4-3-15-28-22(19)17-31/h3-8,15,34H,9-14,16-18H2,1-2H3,(H,29,32)(H,30,33). The van der Waals surface area contributed by atoms with Gasteiger partial charge in [0.1, 0.15) is 0 Å². The molecule has 3 saturated carbocycles. The number of fused-ring (bicyclic) bond motifs is 4. The Hall–Kier alpha value is -2.93. The van der Waals surface area contributed by atoms with Gasteiger partial charge in [-0.3, -0.25) is 9.78 Å². The van der Waals surface area contributed by atoms with Gasteiger partial charge in [-0.2, -0.15) is 0 Å². The molecule has 3 N–H and O–H groups in total. The molecule has 1 aromatic heterocycles. The van der Waals surface area contributed by atoms with Gasteiger partial charge in [0.25, 0.3) is 0 Å². The van der Waals surface area contributed by atoms with Crippen LogP contribution in [0.3, 0.4) is 0 Å². The van der Waals surface area contributed by atoms with Gasteiger partial charge in [0.15, 0.2) is 0 Å². The van der Waals surface area contributed by atoms with Crippen molar-refractivity contribution in [2.75, 3.05) is 11.9 Å². The molecule has 3 amide bonds. The maximum atomic E-state index is 12.9. The second-order valence-electron chi connectivity index (χ2n) is 11.0. The van der Waals surface area contributed by atoms with Crippen molar-refractivity contribution in [2.24, 2.45) is 5.41 Å². The summed E-state index contributed by atoms with van der Waals surface area (Å²) >= 11 is 0. The molecule has 7 heteroatoms. The molecule has 3 aliphatic carbocycles. The zero-order valence-corrected chi connectivity index (χ0v) is 20.1. The van der Waals surface area contributed by atoms with Crippen LogP contribution in [0.4, 0.5) is 10.5 Å². The summed E-state index contributed by atoms with van der Waals surface area (Å²) in [6.45, 7) is 4.83. The van der Waals surface area contributed by atoms with Crippen LogP contribution in [0, 0.1) is 5.41 Å². The van der Waals surface area contributed by atoms with Crippen LogP contribution < -0.4 is 10.6 Å². The second-order valence-corrected chi connectivity index (χ2v) is 11.0. The first-order valence-corrected chi connectivity index (χ1v) is 12.3. The van der Waals surface area contributed by atoms with Crippen LogP contribution in [0.15, 0.2) is 42.6 Å². The molecule has 4 aliphatic rings. The molecule has 7 nitrogen and oxygen atoms in total. The van der Waals surface area contributed by atoms with Gasteiger partial charge in [-0.25, -0.2) is 4.79 Å². The summed E-state index contributed by atoms with van der Waals surface area (Å²) in [6, 6.07) is 12.1. The number of anilines is 1. The quantitative estimate of drug-likeness (QED) is 0.623. The van der Waals surface area contributed by atoms with Crippen LogP contribution in [0.1, 0.15) is 69.2 Å². The summed E-state index contributed by atoms with van der Waals surface area (Å²) < 4.78 is 0. The second kappa shape index (κ2) is 8.38. The number of aliphatic hydroxyl groups is 1. The van der Waals surface area contributed by atoms with E-state index in [4.69, 9.17) is 0 Å². The van der Waals surface area contributed by atoms with Crippen molar-refractivity contribution in [3.63, 3.8) is 0 Å². The molecule has 180 valence electrons. The Morgan fingerprint density at radius 1 is 1.03 bits per heavy atom. The van der Waals surface area contributed by atoms with E-state index in [2.05, 4.69) is 27.8 Å². The average Bonchev–Trinajstić information content (AvgIpc) is 3.28. The molecular weight excluding hydrogens is 428 g/mol. The number of pyridine rings is 1. The Balaban J connectivity index is 1.19. The highest BCUT2D eigenvalue weighted by Crippen LogP contribution is 2.57. The number of amides is 3. The molecule has 1 aromatic carbocycles. The van der Waals surface area contributed by atoms with Crippen LogP contribution in [0.2, 0.25) is 0 Å². The van der Waals surface area contributed by atoms with Crippen molar-refractivity contribution in [1.82, 2.24) is 15.2 Å². The molecule has 0 unspecified atom stereocenters. The van der Waals surface area contributed by atoms with Crippen molar-refractivity contribution in [3.05, 3.63) is 59.4 Å². The third-order valence-corrected chi connectivity index (χ3v) is 8.13. The average molecular weight is 463 g/mol. The Labute approximate surface area is 201 Å². The smallest absolute Gasteiger partial charge is 0.322 e. The SMILES string of the molecule is CC(C)(O)CNC(=O)C12CCC(c3ccc(NC(=O)N4Cc5cccnc5C4)cc3)(CC1)CC2. The number of hydrogen-bond donors (Lipinski definition) is 3. The highest BCUT2D eigenvalue weighted by Gasteiger charge is 2.52. The van der Waals surface area contributed by atoms with Crippen LogP contribution >= 0.6 is 0 Å². The Bertz CT molecular complexity index is 1040. The molecule has 2 bridgehead atoms. The number of carbonyl (C=O) groups excluding carboxylic acids is 2. The molecule has 1 aliphatic heterocycles. The first-order valence-electron chi connectivity index (χ1n) is 12.3. The molecule has 3 fully saturated rings. The Morgan fingerprint density at radius 2 is 1.71 bits per heavy atom. The summed E-state index contributed by atoms with van der Waals surface area (Å²) in [5.41, 5.74) is 3.09. The largest absolute Gasteiger partial charge is 0.389 e. The number of urea groups is 1. The molecule has 34 heavy (non-hydrogen) atoms. The number of carbonyl (C=O) groups is 2. The summed E-state index contributed by atoms with van der Waals surface area (Å²) in [6.07, 6.45) is 7.39. The van der Waals surface area contributed by atoms with Crippen molar-refractivity contribution < 1.29 is 14.7 Å². The number of nitrogens with one attached hydrogen (secondary N) is 2. The number of benzene rings is 1. The predicted octanol–water partition coefficient (Wildman–Crippen LogP) is 4.11. The molecule has 0 radical (unpaired) electrons. The normalized spacial score (nSPS) is 25.7. The molecular formula is C27H34N4O3. The summed E-state index contributed by atoms with van der Waals surface area (Å²) in [4.78, 5) is 31.8. The van der Waals surface area contributed by atoms with Crippen molar-refractivity contribution in [3.8, 4) is 0 Å². The Kier molecular flexibility index (Phi) is 5.63. The van der Waals surface area contributed by atoms with E-state index in [1.807, 2.05) is 24.3 Å². The molecule has 0 saturated heterocycles. The van der Waals surface area contributed by atoms with Gasteiger partial charge in [-0.05, 0) is 87.1 Å². The fourth-order valence-electron chi connectivity index (χ4n) is 5.90. The van der Waals surface area contributed by atoms with Crippen LogP contribution in [-0.2, 0) is 23.3 Å². The van der Waals surface area contributed by atoms with Gasteiger partial charge in [0, 0.05) is 30.4 Å². The zero-order chi connectivity index (χ0) is 24.0. The van der Waals surface area contributed by atoms with E-state index in [0.29, 0.717) is 13.1 Å². The van der Waals surface area contributed by atoms with Crippen LogP contribution in [-0.4, -0.2) is 39.1 Å². The molecule has 0 atom stereocenters. The molecule has 6 rings (SSSR count). The van der Waals surface area contributed by atoms with Gasteiger partial charge < -0.3 is 20.6 Å². The summed E-state index contributed by atoms with van der Waals surface area (Å²) in [5.74, 6) is 0.0975. The predicted molar refractivity (Wildman–Crippen MR) is 130 cm³/mol. The number of nitrogens with zero attached hydrogens (tertiary/aromatic N) is 2. The third-order valence-electron chi connectivity index (χ3n) is 8.13. The monoisotopic (exact) mass is 462 g/mol. The lowest BCUT2D eigenvalue weighted by Gasteiger charge is -2.53. The molecule has 2 heterocycles. The van der Waals surface area contributed by atoms with Gasteiger partial charge >= 0.3 is 6.03 Å². The topological polar surface area (TPSA) is 94.6 Å². The lowest BCUT2D eigenvalue weighted by Crippen LogP contribution is -2.53. The van der Waals surface area contributed by atoms with E-state index in [-0.39, 0.29) is 29.3 Å². The number of hydrogen-bond acceptors (Lipinski definition) is 4. The molecule has 0 spiro atoms. The van der Waals surface area contributed by atoms with Gasteiger partial charge in [0.2, 0.25) is 5.91 Å². The lowest BCUT2D eigenvalue weighted by molar-refractivity contribution is -0.138. The van der Waals surface area contributed by atoms with E-state index < -0.39 is 5.60 Å². The fraction of sp³-hybridized carbons (Fsp3) is 0.519. The van der Waals surface area contributed by atoms with E-state index in [1.165, 1.54) is 5.56 Å². The van der Waals surface area contributed by atoms with E-state index in [0.717, 1.165) is 55.5 Å². The highest BCUT2D eigenvalue weighted by atomic mass is 16.3. The van der Waals surface area contributed by atoms with E-state index >= 15 is 0 Å². The van der Waals surface area contributed by atoms with Gasteiger partial charge in [-0.15, -0.1) is 0 Å². The minimum atomic E-state index is -0.897. The maximum absolute atomic E-state index is 12.9. The van der Waals surface area contributed by atoms with Crippen molar-refractivity contribution >= 4 is 17.6 Å². The fourth-order valence-corrected chi connectivity index (χ4v) is 5.90. The minimum absolute atomic E-state index is 0.0975.